The lowest BCUT2D eigenvalue weighted by atomic mass is 9.79. The molecule has 28 heavy (non-hydrogen) atoms. The number of fused-ring (bicyclic) bond motifs is 3. The van der Waals surface area contributed by atoms with Crippen LogP contribution in [-0.2, 0) is 0 Å². The van der Waals surface area contributed by atoms with Crippen LogP contribution in [0.4, 0.5) is 0 Å². The van der Waals surface area contributed by atoms with Crippen LogP contribution in [0.15, 0.2) is 36.5 Å². The van der Waals surface area contributed by atoms with E-state index in [1.54, 1.807) is 0 Å². The van der Waals surface area contributed by atoms with Crippen LogP contribution in [0.2, 0.25) is 0 Å². The number of rotatable bonds is 2. The summed E-state index contributed by atoms with van der Waals surface area (Å²) in [5.74, 6) is 0. The van der Waals surface area contributed by atoms with E-state index >= 15 is 0 Å². The summed E-state index contributed by atoms with van der Waals surface area (Å²) in [6, 6.07) is 14.5. The van der Waals surface area contributed by atoms with Crippen LogP contribution in [0.1, 0.15) is 95.9 Å². The largest absolute Gasteiger partial charge is 0.344 e. The molecular formula is C26H38N2. The molecule has 5 rings (SSSR count). The van der Waals surface area contributed by atoms with Crippen LogP contribution in [-0.4, -0.2) is 27.6 Å². The van der Waals surface area contributed by atoms with E-state index in [2.05, 4.69) is 46.0 Å². The van der Waals surface area contributed by atoms with Crippen LogP contribution in [0.5, 0.6) is 0 Å². The molecule has 3 fully saturated rings. The molecule has 2 nitrogen and oxygen atoms in total. The minimum Gasteiger partial charge on any atom is -0.344 e. The molecule has 2 saturated heterocycles. The SMILES string of the molecule is c1ccc2c(c1)ccn2C1CC2CCC[C@H](C1)N2C1CCCCCCCCC1. The van der Waals surface area contributed by atoms with E-state index in [-0.39, 0.29) is 0 Å². The van der Waals surface area contributed by atoms with Gasteiger partial charge < -0.3 is 4.57 Å². The molecule has 2 aromatic rings. The third-order valence-corrected chi connectivity index (χ3v) is 8.03. The summed E-state index contributed by atoms with van der Waals surface area (Å²) < 4.78 is 2.62. The number of benzene rings is 1. The van der Waals surface area contributed by atoms with Crippen LogP contribution in [0.25, 0.3) is 10.9 Å². The minimum absolute atomic E-state index is 0.700. The maximum atomic E-state index is 3.06. The molecule has 3 atom stereocenters. The zero-order valence-corrected chi connectivity index (χ0v) is 17.6. The van der Waals surface area contributed by atoms with E-state index in [4.69, 9.17) is 0 Å². The predicted molar refractivity (Wildman–Crippen MR) is 119 cm³/mol. The van der Waals surface area contributed by atoms with Gasteiger partial charge in [-0.3, -0.25) is 4.90 Å². The first-order chi connectivity index (χ1) is 13.9. The molecule has 0 N–H and O–H groups in total. The van der Waals surface area contributed by atoms with E-state index in [9.17, 15) is 0 Å². The molecule has 1 aromatic carbocycles. The number of aromatic nitrogens is 1. The molecule has 1 saturated carbocycles. The predicted octanol–water partition coefficient (Wildman–Crippen LogP) is 7.09. The van der Waals surface area contributed by atoms with Crippen molar-refractivity contribution in [2.24, 2.45) is 0 Å². The molecular weight excluding hydrogens is 340 g/mol. The van der Waals surface area contributed by atoms with E-state index in [0.29, 0.717) is 6.04 Å². The Labute approximate surface area is 171 Å². The van der Waals surface area contributed by atoms with Gasteiger partial charge >= 0.3 is 0 Å². The van der Waals surface area contributed by atoms with Crippen molar-refractivity contribution >= 4 is 10.9 Å². The van der Waals surface area contributed by atoms with E-state index in [0.717, 1.165) is 18.1 Å². The molecule has 2 aliphatic heterocycles. The van der Waals surface area contributed by atoms with Gasteiger partial charge in [-0.15, -0.1) is 0 Å². The van der Waals surface area contributed by atoms with Crippen molar-refractivity contribution in [2.75, 3.05) is 0 Å². The summed E-state index contributed by atoms with van der Waals surface area (Å²) in [6.07, 6.45) is 22.6. The first-order valence-corrected chi connectivity index (χ1v) is 12.2. The molecule has 2 unspecified atom stereocenters. The second-order valence-electron chi connectivity index (χ2n) is 9.80. The summed E-state index contributed by atoms with van der Waals surface area (Å²) in [5, 5.41) is 1.41. The maximum absolute atomic E-state index is 3.06. The van der Waals surface area contributed by atoms with E-state index in [1.165, 1.54) is 101 Å². The number of hydrogen-bond acceptors (Lipinski definition) is 1. The van der Waals surface area contributed by atoms with Gasteiger partial charge in [-0.2, -0.15) is 0 Å². The van der Waals surface area contributed by atoms with Crippen LogP contribution < -0.4 is 0 Å². The van der Waals surface area contributed by atoms with Crippen LogP contribution >= 0.6 is 0 Å². The molecule has 2 bridgehead atoms. The van der Waals surface area contributed by atoms with Gasteiger partial charge in [-0.25, -0.2) is 0 Å². The lowest BCUT2D eigenvalue weighted by Gasteiger charge is -2.53. The first kappa shape index (κ1) is 18.7. The second kappa shape index (κ2) is 8.61. The highest BCUT2D eigenvalue weighted by atomic mass is 15.2. The van der Waals surface area contributed by atoms with Gasteiger partial charge in [0.2, 0.25) is 0 Å². The summed E-state index contributed by atoms with van der Waals surface area (Å²) in [4.78, 5) is 3.06. The third kappa shape index (κ3) is 3.77. The number of hydrogen-bond donors (Lipinski definition) is 0. The minimum atomic E-state index is 0.700. The van der Waals surface area contributed by atoms with Gasteiger partial charge in [-0.05, 0) is 56.0 Å². The Morgan fingerprint density at radius 2 is 1.18 bits per heavy atom. The molecule has 0 radical (unpaired) electrons. The van der Waals surface area contributed by atoms with Crippen LogP contribution in [0, 0.1) is 0 Å². The second-order valence-corrected chi connectivity index (χ2v) is 9.80. The first-order valence-electron chi connectivity index (χ1n) is 12.2. The molecule has 0 spiro atoms. The smallest absolute Gasteiger partial charge is 0.0482 e. The van der Waals surface area contributed by atoms with Crippen molar-refractivity contribution in [3.8, 4) is 0 Å². The van der Waals surface area contributed by atoms with Crippen molar-refractivity contribution in [1.29, 1.82) is 0 Å². The summed E-state index contributed by atoms with van der Waals surface area (Å²) in [7, 11) is 0. The fraction of sp³-hybridized carbons (Fsp3) is 0.692. The summed E-state index contributed by atoms with van der Waals surface area (Å²) >= 11 is 0. The van der Waals surface area contributed by atoms with Crippen molar-refractivity contribution in [2.45, 2.75) is 114 Å². The van der Waals surface area contributed by atoms with Gasteiger partial charge in [0.25, 0.3) is 0 Å². The number of para-hydroxylation sites is 1. The molecule has 0 amide bonds. The lowest BCUT2D eigenvalue weighted by Crippen LogP contribution is -2.56. The Balaban J connectivity index is 1.34. The van der Waals surface area contributed by atoms with E-state index in [1.807, 2.05) is 0 Å². The molecule has 2 heteroatoms. The van der Waals surface area contributed by atoms with Gasteiger partial charge in [0, 0.05) is 35.9 Å². The highest BCUT2D eigenvalue weighted by Gasteiger charge is 2.41. The Morgan fingerprint density at radius 3 is 1.89 bits per heavy atom. The van der Waals surface area contributed by atoms with Crippen molar-refractivity contribution in [3.05, 3.63) is 36.5 Å². The zero-order valence-electron chi connectivity index (χ0n) is 17.6. The van der Waals surface area contributed by atoms with Gasteiger partial charge in [0.1, 0.15) is 0 Å². The molecule has 3 aliphatic rings. The molecule has 1 aliphatic carbocycles. The van der Waals surface area contributed by atoms with E-state index < -0.39 is 0 Å². The normalized spacial score (nSPS) is 31.1. The molecule has 3 heterocycles. The third-order valence-electron chi connectivity index (χ3n) is 8.03. The highest BCUT2D eigenvalue weighted by Crippen LogP contribution is 2.43. The van der Waals surface area contributed by atoms with Gasteiger partial charge in [0.15, 0.2) is 0 Å². The zero-order chi connectivity index (χ0) is 18.8. The number of piperidine rings is 2. The Morgan fingerprint density at radius 1 is 0.571 bits per heavy atom. The standard InChI is InChI=1S/C26H38N2/c1-2-4-6-12-22(13-7-5-3-1)28-23-14-10-15-24(28)20-25(19-23)27-18-17-21-11-8-9-16-26(21)27/h8-9,11,16-18,22-25H,1-7,10,12-15,19-20H2/t23-,24?,25?/m1/s1. The lowest BCUT2D eigenvalue weighted by molar-refractivity contribution is -0.0234. The highest BCUT2D eigenvalue weighted by molar-refractivity contribution is 5.80. The Hall–Kier alpha value is -1.28. The van der Waals surface area contributed by atoms with Crippen molar-refractivity contribution in [1.82, 2.24) is 9.47 Å². The summed E-state index contributed by atoms with van der Waals surface area (Å²) in [6.45, 7) is 0. The van der Waals surface area contributed by atoms with Crippen molar-refractivity contribution in [3.63, 3.8) is 0 Å². The van der Waals surface area contributed by atoms with Crippen LogP contribution in [0.3, 0.4) is 0 Å². The Kier molecular flexibility index (Phi) is 5.76. The fourth-order valence-electron chi connectivity index (χ4n) is 6.72. The maximum Gasteiger partial charge on any atom is 0.0482 e. The molecule has 152 valence electrons. The topological polar surface area (TPSA) is 8.17 Å². The molecule has 1 aromatic heterocycles. The average Bonchev–Trinajstić information content (AvgIpc) is 3.15. The fourth-order valence-corrected chi connectivity index (χ4v) is 6.72. The number of nitrogens with zero attached hydrogens (tertiary/aromatic N) is 2. The van der Waals surface area contributed by atoms with Gasteiger partial charge in [0.05, 0.1) is 0 Å². The van der Waals surface area contributed by atoms with Gasteiger partial charge in [-0.1, -0.05) is 69.6 Å². The average molecular weight is 379 g/mol. The summed E-state index contributed by atoms with van der Waals surface area (Å²) in [5.41, 5.74) is 1.44. The quantitative estimate of drug-likeness (QED) is 0.541. The monoisotopic (exact) mass is 378 g/mol. The Bertz CT molecular complexity index is 739. The van der Waals surface area contributed by atoms with Crippen molar-refractivity contribution < 1.29 is 0 Å².